The number of phenols is 1. The molecular weight excluding hydrogens is 232 g/mol. The highest BCUT2D eigenvalue weighted by atomic mass is 19.1. The quantitative estimate of drug-likeness (QED) is 0.746. The van der Waals surface area contributed by atoms with E-state index in [1.807, 2.05) is 0 Å². The molecule has 1 aromatic carbocycles. The van der Waals surface area contributed by atoms with Gasteiger partial charge in [-0.25, -0.2) is 8.78 Å². The van der Waals surface area contributed by atoms with Crippen LogP contribution in [-0.2, 0) is 0 Å². The SMILES string of the molecule is COc1cc(O)c(F)c(-c2cc(N)n[nH]2)c1F. The Morgan fingerprint density at radius 1 is 1.35 bits per heavy atom. The van der Waals surface area contributed by atoms with Crippen LogP contribution in [0.25, 0.3) is 11.3 Å². The van der Waals surface area contributed by atoms with Gasteiger partial charge in [-0.3, -0.25) is 5.10 Å². The summed E-state index contributed by atoms with van der Waals surface area (Å²) in [6, 6.07) is 2.11. The Morgan fingerprint density at radius 3 is 2.59 bits per heavy atom. The number of rotatable bonds is 2. The van der Waals surface area contributed by atoms with E-state index in [1.54, 1.807) is 0 Å². The van der Waals surface area contributed by atoms with Crippen molar-refractivity contribution in [2.45, 2.75) is 0 Å². The van der Waals surface area contributed by atoms with Crippen molar-refractivity contribution in [2.75, 3.05) is 12.8 Å². The molecule has 1 aromatic heterocycles. The lowest BCUT2D eigenvalue weighted by atomic mass is 10.1. The zero-order valence-corrected chi connectivity index (χ0v) is 8.79. The maximum absolute atomic E-state index is 13.8. The monoisotopic (exact) mass is 241 g/mol. The van der Waals surface area contributed by atoms with Crippen molar-refractivity contribution in [1.29, 1.82) is 0 Å². The smallest absolute Gasteiger partial charge is 0.177 e. The summed E-state index contributed by atoms with van der Waals surface area (Å²) in [5.74, 6) is -2.95. The molecule has 2 aromatic rings. The van der Waals surface area contributed by atoms with Crippen LogP contribution in [0, 0.1) is 11.6 Å². The van der Waals surface area contributed by atoms with Crippen LogP contribution < -0.4 is 10.5 Å². The molecule has 0 aliphatic rings. The van der Waals surface area contributed by atoms with Gasteiger partial charge >= 0.3 is 0 Å². The van der Waals surface area contributed by atoms with Gasteiger partial charge in [-0.05, 0) is 0 Å². The van der Waals surface area contributed by atoms with Gasteiger partial charge in [-0.2, -0.15) is 5.10 Å². The maximum Gasteiger partial charge on any atom is 0.177 e. The highest BCUT2D eigenvalue weighted by molar-refractivity contribution is 5.67. The predicted octanol–water partition coefficient (Wildman–Crippen LogP) is 1.65. The Hall–Kier alpha value is -2.31. The topological polar surface area (TPSA) is 84.2 Å². The summed E-state index contributed by atoms with van der Waals surface area (Å²) in [5.41, 5.74) is 4.90. The number of anilines is 1. The van der Waals surface area contributed by atoms with E-state index in [2.05, 4.69) is 14.9 Å². The Morgan fingerprint density at radius 2 is 2.06 bits per heavy atom. The molecule has 4 N–H and O–H groups in total. The van der Waals surface area contributed by atoms with E-state index in [9.17, 15) is 13.9 Å². The molecular formula is C10H9F2N3O2. The largest absolute Gasteiger partial charge is 0.505 e. The Balaban J connectivity index is 2.71. The summed E-state index contributed by atoms with van der Waals surface area (Å²) in [4.78, 5) is 0. The van der Waals surface area contributed by atoms with E-state index in [-0.39, 0.29) is 17.3 Å². The highest BCUT2D eigenvalue weighted by Crippen LogP contribution is 2.36. The molecule has 0 saturated carbocycles. The van der Waals surface area contributed by atoms with Gasteiger partial charge in [-0.1, -0.05) is 0 Å². The molecule has 7 heteroatoms. The number of nitrogens with one attached hydrogen (secondary N) is 1. The van der Waals surface area contributed by atoms with Gasteiger partial charge in [0.1, 0.15) is 5.82 Å². The minimum absolute atomic E-state index is 0.0201. The van der Waals surface area contributed by atoms with Crippen molar-refractivity contribution in [3.63, 3.8) is 0 Å². The first kappa shape index (κ1) is 11.2. The molecule has 0 aliphatic carbocycles. The third kappa shape index (κ3) is 1.75. The number of hydrogen-bond donors (Lipinski definition) is 3. The summed E-state index contributed by atoms with van der Waals surface area (Å²) in [6.07, 6.45) is 0. The summed E-state index contributed by atoms with van der Waals surface area (Å²) in [7, 11) is 1.21. The molecule has 0 aliphatic heterocycles. The normalized spacial score (nSPS) is 10.5. The van der Waals surface area contributed by atoms with Crippen molar-refractivity contribution >= 4 is 5.82 Å². The van der Waals surface area contributed by atoms with Crippen molar-refractivity contribution in [3.05, 3.63) is 23.8 Å². The fourth-order valence-corrected chi connectivity index (χ4v) is 1.45. The number of H-pyrrole nitrogens is 1. The van der Waals surface area contributed by atoms with Gasteiger partial charge < -0.3 is 15.6 Å². The summed E-state index contributed by atoms with van der Waals surface area (Å²) >= 11 is 0. The Bertz CT molecular complexity index is 569. The number of phenolic OH excluding ortho intramolecular Hbond substituents is 1. The van der Waals surface area contributed by atoms with Crippen molar-refractivity contribution in [3.8, 4) is 22.8 Å². The first-order valence-corrected chi connectivity index (χ1v) is 4.60. The molecule has 0 atom stereocenters. The third-order valence-electron chi connectivity index (χ3n) is 2.23. The zero-order chi connectivity index (χ0) is 12.6. The van der Waals surface area contributed by atoms with Crippen molar-refractivity contribution in [1.82, 2.24) is 10.2 Å². The lowest BCUT2D eigenvalue weighted by Crippen LogP contribution is -1.96. The number of nitrogens with two attached hydrogens (primary N) is 1. The number of aromatic nitrogens is 2. The minimum atomic E-state index is -1.10. The number of nitrogen functional groups attached to an aromatic ring is 1. The van der Waals surface area contributed by atoms with Gasteiger partial charge in [0.2, 0.25) is 0 Å². The maximum atomic E-state index is 13.8. The van der Waals surface area contributed by atoms with E-state index in [1.165, 1.54) is 13.2 Å². The van der Waals surface area contributed by atoms with Crippen LogP contribution in [0.2, 0.25) is 0 Å². The fourth-order valence-electron chi connectivity index (χ4n) is 1.45. The van der Waals surface area contributed by atoms with Crippen LogP contribution in [0.4, 0.5) is 14.6 Å². The van der Waals surface area contributed by atoms with Crippen LogP contribution in [0.1, 0.15) is 0 Å². The van der Waals surface area contributed by atoms with Crippen LogP contribution in [0.15, 0.2) is 12.1 Å². The van der Waals surface area contributed by atoms with Crippen LogP contribution >= 0.6 is 0 Å². The first-order valence-electron chi connectivity index (χ1n) is 4.60. The van der Waals surface area contributed by atoms with Gasteiger partial charge in [0.25, 0.3) is 0 Å². The summed E-state index contributed by atoms with van der Waals surface area (Å²) in [5, 5.41) is 15.2. The van der Waals surface area contributed by atoms with E-state index in [0.717, 1.165) is 6.07 Å². The number of ether oxygens (including phenoxy) is 1. The number of nitrogens with zero attached hydrogens (tertiary/aromatic N) is 1. The molecule has 90 valence electrons. The average Bonchev–Trinajstić information content (AvgIpc) is 2.70. The Labute approximate surface area is 94.8 Å². The first-order chi connectivity index (χ1) is 8.04. The number of hydrogen-bond acceptors (Lipinski definition) is 4. The molecule has 0 unspecified atom stereocenters. The standard InChI is InChI=1S/C10H9F2N3O2/c1-17-6-3-5(16)9(11)8(10(6)12)4-2-7(13)15-14-4/h2-3,16H,1H3,(H3,13,14,15). The summed E-state index contributed by atoms with van der Waals surface area (Å²) in [6.45, 7) is 0. The second kappa shape index (κ2) is 3.93. The molecule has 0 radical (unpaired) electrons. The van der Waals surface area contributed by atoms with Gasteiger partial charge in [0.15, 0.2) is 23.1 Å². The van der Waals surface area contributed by atoms with Gasteiger partial charge in [0.05, 0.1) is 18.4 Å². The number of halogens is 2. The summed E-state index contributed by atoms with van der Waals surface area (Å²) < 4.78 is 32.2. The van der Waals surface area contributed by atoms with Crippen molar-refractivity contribution in [2.24, 2.45) is 0 Å². The van der Waals surface area contributed by atoms with Gasteiger partial charge in [-0.15, -0.1) is 0 Å². The molecule has 0 spiro atoms. The Kier molecular flexibility index (Phi) is 2.58. The van der Waals surface area contributed by atoms with Crippen LogP contribution in [-0.4, -0.2) is 22.4 Å². The van der Waals surface area contributed by atoms with Crippen LogP contribution in [0.3, 0.4) is 0 Å². The number of benzene rings is 1. The second-order valence-electron chi connectivity index (χ2n) is 3.31. The molecule has 1 heterocycles. The van der Waals surface area contributed by atoms with Crippen molar-refractivity contribution < 1.29 is 18.6 Å². The average molecular weight is 241 g/mol. The fraction of sp³-hybridized carbons (Fsp3) is 0.100. The molecule has 0 bridgehead atoms. The van der Waals surface area contributed by atoms with E-state index < -0.39 is 22.9 Å². The number of aromatic hydroxyl groups is 1. The van der Waals surface area contributed by atoms with E-state index in [4.69, 9.17) is 5.73 Å². The molecule has 2 rings (SSSR count). The lowest BCUT2D eigenvalue weighted by Gasteiger charge is -2.08. The second-order valence-corrected chi connectivity index (χ2v) is 3.31. The molecule has 0 amide bonds. The van der Waals surface area contributed by atoms with Crippen LogP contribution in [0.5, 0.6) is 11.5 Å². The molecule has 0 fully saturated rings. The lowest BCUT2D eigenvalue weighted by molar-refractivity contribution is 0.372. The van der Waals surface area contributed by atoms with Gasteiger partial charge in [0, 0.05) is 12.1 Å². The highest BCUT2D eigenvalue weighted by Gasteiger charge is 2.21. The predicted molar refractivity (Wildman–Crippen MR) is 56.6 cm³/mol. The zero-order valence-electron chi connectivity index (χ0n) is 8.79. The molecule has 5 nitrogen and oxygen atoms in total. The van der Waals surface area contributed by atoms with E-state index in [0.29, 0.717) is 0 Å². The number of methoxy groups -OCH3 is 1. The molecule has 0 saturated heterocycles. The minimum Gasteiger partial charge on any atom is -0.505 e. The molecule has 17 heavy (non-hydrogen) atoms. The number of aromatic amines is 1. The third-order valence-corrected chi connectivity index (χ3v) is 2.23. The van der Waals surface area contributed by atoms with E-state index >= 15 is 0 Å².